The van der Waals surface area contributed by atoms with Crippen molar-refractivity contribution in [1.29, 1.82) is 0 Å². The quantitative estimate of drug-likeness (QED) is 0.690. The van der Waals surface area contributed by atoms with Gasteiger partial charge in [0.05, 0.1) is 19.8 Å². The number of rotatable bonds is 8. The van der Waals surface area contributed by atoms with E-state index in [9.17, 15) is 4.79 Å². The summed E-state index contributed by atoms with van der Waals surface area (Å²) < 4.78 is 15.8. The van der Waals surface area contributed by atoms with Crippen molar-refractivity contribution in [3.8, 4) is 0 Å². The van der Waals surface area contributed by atoms with Gasteiger partial charge in [-0.1, -0.05) is 12.8 Å². The van der Waals surface area contributed by atoms with E-state index in [-0.39, 0.29) is 17.7 Å². The van der Waals surface area contributed by atoms with Gasteiger partial charge in [-0.15, -0.1) is 0 Å². The van der Waals surface area contributed by atoms with Gasteiger partial charge in [-0.25, -0.2) is 4.79 Å². The van der Waals surface area contributed by atoms with Crippen molar-refractivity contribution in [2.45, 2.75) is 51.7 Å². The van der Waals surface area contributed by atoms with Gasteiger partial charge in [0, 0.05) is 12.6 Å². The molecule has 0 aromatic carbocycles. The van der Waals surface area contributed by atoms with Gasteiger partial charge >= 0.3 is 6.09 Å². The molecule has 1 saturated carbocycles. The van der Waals surface area contributed by atoms with E-state index in [0.29, 0.717) is 25.7 Å². The Morgan fingerprint density at radius 1 is 1.32 bits per heavy atom. The molecule has 0 aromatic heterocycles. The van der Waals surface area contributed by atoms with Crippen LogP contribution in [0.5, 0.6) is 0 Å². The third kappa shape index (κ3) is 8.83. The number of amides is 1. The van der Waals surface area contributed by atoms with E-state index in [1.165, 1.54) is 12.8 Å². The van der Waals surface area contributed by atoms with Gasteiger partial charge in [0.1, 0.15) is 6.10 Å². The second-order valence-corrected chi connectivity index (χ2v) is 6.15. The van der Waals surface area contributed by atoms with E-state index in [1.54, 1.807) is 7.11 Å². The Balaban J connectivity index is 2.29. The monoisotopic (exact) mass is 273 g/mol. The van der Waals surface area contributed by atoms with Crippen LogP contribution in [0.1, 0.15) is 40.0 Å². The molecule has 1 aliphatic carbocycles. The van der Waals surface area contributed by atoms with Crippen molar-refractivity contribution in [2.75, 3.05) is 26.9 Å². The minimum Gasteiger partial charge on any atom is -0.444 e. The smallest absolute Gasteiger partial charge is 0.407 e. The lowest BCUT2D eigenvalue weighted by Gasteiger charge is -2.23. The largest absolute Gasteiger partial charge is 0.444 e. The minimum absolute atomic E-state index is 0.160. The summed E-state index contributed by atoms with van der Waals surface area (Å²) in [5.74, 6) is 0.693. The molecule has 1 fully saturated rings. The topological polar surface area (TPSA) is 56.8 Å². The van der Waals surface area contributed by atoms with Crippen LogP contribution in [0.2, 0.25) is 0 Å². The molecule has 0 heterocycles. The molecular weight excluding hydrogens is 246 g/mol. The summed E-state index contributed by atoms with van der Waals surface area (Å²) in [7, 11) is 1.64. The Bertz CT molecular complexity index is 271. The number of carbonyl (C=O) groups is 1. The molecule has 0 radical (unpaired) electrons. The molecule has 0 aliphatic heterocycles. The molecule has 5 heteroatoms. The molecule has 5 nitrogen and oxygen atoms in total. The molecule has 0 saturated heterocycles. The maximum Gasteiger partial charge on any atom is 0.407 e. The zero-order valence-corrected chi connectivity index (χ0v) is 12.5. The summed E-state index contributed by atoms with van der Waals surface area (Å²) in [5.41, 5.74) is -0.280. The zero-order chi connectivity index (χ0) is 14.3. The van der Waals surface area contributed by atoms with Crippen LogP contribution in [0.25, 0.3) is 0 Å². The van der Waals surface area contributed by atoms with Crippen molar-refractivity contribution in [2.24, 2.45) is 5.92 Å². The number of ether oxygens (including phenoxy) is 3. The number of nitrogens with one attached hydrogen (secondary N) is 1. The van der Waals surface area contributed by atoms with Crippen LogP contribution in [0, 0.1) is 5.92 Å². The maximum absolute atomic E-state index is 11.7. The van der Waals surface area contributed by atoms with Gasteiger partial charge in [0.2, 0.25) is 0 Å². The normalized spacial score (nSPS) is 17.1. The van der Waals surface area contributed by atoms with Crippen molar-refractivity contribution in [3.63, 3.8) is 0 Å². The standard InChI is InChI=1S/C14H27NO4/c1-14(2,3)15-13(16)19-12(9-11-5-6-11)10-18-8-7-17-4/h11-12H,5-10H2,1-4H3,(H,15,16). The van der Waals surface area contributed by atoms with E-state index < -0.39 is 0 Å². The fraction of sp³-hybridized carbons (Fsp3) is 0.929. The minimum atomic E-state index is -0.367. The predicted octanol–water partition coefficient (Wildman–Crippen LogP) is 2.34. The lowest BCUT2D eigenvalue weighted by molar-refractivity contribution is -0.00350. The van der Waals surface area contributed by atoms with Gasteiger partial charge in [-0.2, -0.15) is 0 Å². The van der Waals surface area contributed by atoms with E-state index >= 15 is 0 Å². The highest BCUT2D eigenvalue weighted by molar-refractivity contribution is 5.68. The summed E-state index contributed by atoms with van der Waals surface area (Å²) in [4.78, 5) is 11.7. The summed E-state index contributed by atoms with van der Waals surface area (Å²) >= 11 is 0. The van der Waals surface area contributed by atoms with Gasteiger partial charge in [0.25, 0.3) is 0 Å². The number of alkyl carbamates (subject to hydrolysis) is 1. The van der Waals surface area contributed by atoms with Crippen LogP contribution in [0.4, 0.5) is 4.79 Å². The van der Waals surface area contributed by atoms with Crippen molar-refractivity contribution >= 4 is 6.09 Å². The Kier molecular flexibility index (Phi) is 6.58. The molecule has 1 rings (SSSR count). The van der Waals surface area contributed by atoms with Crippen molar-refractivity contribution in [3.05, 3.63) is 0 Å². The molecule has 0 bridgehead atoms. The molecule has 0 aromatic rings. The predicted molar refractivity (Wildman–Crippen MR) is 73.2 cm³/mol. The van der Waals surface area contributed by atoms with E-state index in [0.717, 1.165) is 6.42 Å². The molecule has 19 heavy (non-hydrogen) atoms. The number of hydrogen-bond donors (Lipinski definition) is 1. The van der Waals surface area contributed by atoms with Gasteiger partial charge in [0.15, 0.2) is 0 Å². The van der Waals surface area contributed by atoms with E-state index in [4.69, 9.17) is 14.2 Å². The average molecular weight is 273 g/mol. The Hall–Kier alpha value is -0.810. The summed E-state index contributed by atoms with van der Waals surface area (Å²) in [6, 6.07) is 0. The second-order valence-electron chi connectivity index (χ2n) is 6.15. The summed E-state index contributed by atoms with van der Waals surface area (Å²) in [5, 5.41) is 2.80. The van der Waals surface area contributed by atoms with Gasteiger partial charge in [-0.3, -0.25) is 0 Å². The summed E-state index contributed by atoms with van der Waals surface area (Å²) in [6.45, 7) is 7.32. The molecule has 1 unspecified atom stereocenters. The first-order valence-corrected chi connectivity index (χ1v) is 6.96. The van der Waals surface area contributed by atoms with Crippen LogP contribution >= 0.6 is 0 Å². The number of hydrogen-bond acceptors (Lipinski definition) is 4. The van der Waals surface area contributed by atoms with Crippen LogP contribution in [-0.4, -0.2) is 44.7 Å². The molecular formula is C14H27NO4. The highest BCUT2D eigenvalue weighted by atomic mass is 16.6. The van der Waals surface area contributed by atoms with Gasteiger partial charge in [-0.05, 0) is 33.1 Å². The summed E-state index contributed by atoms with van der Waals surface area (Å²) in [6.07, 6.45) is 2.84. The fourth-order valence-corrected chi connectivity index (χ4v) is 1.72. The highest BCUT2D eigenvalue weighted by Crippen LogP contribution is 2.34. The first-order valence-electron chi connectivity index (χ1n) is 6.96. The molecule has 0 spiro atoms. The highest BCUT2D eigenvalue weighted by Gasteiger charge is 2.28. The Labute approximate surface area is 116 Å². The lowest BCUT2D eigenvalue weighted by Crippen LogP contribution is -2.43. The Morgan fingerprint density at radius 2 is 2.00 bits per heavy atom. The average Bonchev–Trinajstić information content (AvgIpc) is 3.05. The molecule has 1 N–H and O–H groups in total. The van der Waals surface area contributed by atoms with E-state index in [2.05, 4.69) is 5.32 Å². The third-order valence-electron chi connectivity index (χ3n) is 2.78. The number of carbonyl (C=O) groups excluding carboxylic acids is 1. The van der Waals surface area contributed by atoms with Crippen molar-refractivity contribution < 1.29 is 19.0 Å². The molecule has 1 atom stereocenters. The SMILES string of the molecule is COCCOCC(CC1CC1)OC(=O)NC(C)(C)C. The van der Waals surface area contributed by atoms with Gasteiger partial charge < -0.3 is 19.5 Å². The van der Waals surface area contributed by atoms with Crippen LogP contribution < -0.4 is 5.32 Å². The van der Waals surface area contributed by atoms with Crippen LogP contribution in [-0.2, 0) is 14.2 Å². The zero-order valence-electron chi connectivity index (χ0n) is 12.5. The van der Waals surface area contributed by atoms with Crippen LogP contribution in [0.3, 0.4) is 0 Å². The fourth-order valence-electron chi connectivity index (χ4n) is 1.72. The molecule has 112 valence electrons. The number of methoxy groups -OCH3 is 1. The molecule has 1 amide bonds. The Morgan fingerprint density at radius 3 is 2.53 bits per heavy atom. The van der Waals surface area contributed by atoms with E-state index in [1.807, 2.05) is 20.8 Å². The first kappa shape index (κ1) is 16.2. The third-order valence-corrected chi connectivity index (χ3v) is 2.78. The maximum atomic E-state index is 11.7. The van der Waals surface area contributed by atoms with Crippen molar-refractivity contribution in [1.82, 2.24) is 5.32 Å². The molecule has 1 aliphatic rings. The second kappa shape index (κ2) is 7.70. The lowest BCUT2D eigenvalue weighted by atomic mass is 10.1. The van der Waals surface area contributed by atoms with Crippen LogP contribution in [0.15, 0.2) is 0 Å². The first-order chi connectivity index (χ1) is 8.90.